The summed E-state index contributed by atoms with van der Waals surface area (Å²) in [6, 6.07) is 0. The minimum Gasteiger partial charge on any atom is -0.379 e. The number of hydrogen-bond acceptors (Lipinski definition) is 2. The molecule has 2 atom stereocenters. The Morgan fingerprint density at radius 3 is 2.28 bits per heavy atom. The molecular formula is C16H29NO. The Morgan fingerprint density at radius 2 is 1.72 bits per heavy atom. The molecule has 2 aliphatic rings. The summed E-state index contributed by atoms with van der Waals surface area (Å²) >= 11 is 0. The molecule has 2 nitrogen and oxygen atoms in total. The third kappa shape index (κ3) is 3.58. The lowest BCUT2D eigenvalue weighted by Gasteiger charge is -2.43. The fourth-order valence-electron chi connectivity index (χ4n) is 3.38. The van der Waals surface area contributed by atoms with E-state index in [0.717, 1.165) is 38.1 Å². The van der Waals surface area contributed by atoms with Gasteiger partial charge in [-0.3, -0.25) is 4.90 Å². The van der Waals surface area contributed by atoms with Gasteiger partial charge < -0.3 is 4.74 Å². The van der Waals surface area contributed by atoms with Crippen LogP contribution in [0, 0.1) is 11.8 Å². The molecule has 0 amide bonds. The van der Waals surface area contributed by atoms with Crippen LogP contribution in [0.1, 0.15) is 46.5 Å². The highest BCUT2D eigenvalue weighted by Gasteiger charge is 2.31. The van der Waals surface area contributed by atoms with Gasteiger partial charge in [0.2, 0.25) is 0 Å². The van der Waals surface area contributed by atoms with Gasteiger partial charge in [-0.05, 0) is 51.4 Å². The second-order valence-electron chi connectivity index (χ2n) is 6.51. The third-order valence-electron chi connectivity index (χ3n) is 4.72. The summed E-state index contributed by atoms with van der Waals surface area (Å²) in [5.74, 6) is 1.62. The van der Waals surface area contributed by atoms with Crippen molar-refractivity contribution in [1.82, 2.24) is 4.90 Å². The van der Waals surface area contributed by atoms with E-state index in [1.807, 2.05) is 0 Å². The van der Waals surface area contributed by atoms with E-state index in [9.17, 15) is 0 Å². The average Bonchev–Trinajstić information content (AvgIpc) is 2.40. The monoisotopic (exact) mass is 251 g/mol. The lowest BCUT2D eigenvalue weighted by Crippen LogP contribution is -2.50. The largest absolute Gasteiger partial charge is 0.379 e. The van der Waals surface area contributed by atoms with Crippen LogP contribution in [0.5, 0.6) is 0 Å². The molecule has 1 aliphatic carbocycles. The summed E-state index contributed by atoms with van der Waals surface area (Å²) in [7, 11) is 0. The molecule has 0 aromatic heterocycles. The lowest BCUT2D eigenvalue weighted by molar-refractivity contribution is -0.0168. The molecule has 2 unspecified atom stereocenters. The van der Waals surface area contributed by atoms with Gasteiger partial charge in [0.25, 0.3) is 0 Å². The highest BCUT2D eigenvalue weighted by molar-refractivity contribution is 5.00. The molecular weight excluding hydrogens is 222 g/mol. The molecule has 0 spiro atoms. The Kier molecular flexibility index (Phi) is 4.85. The third-order valence-corrected chi connectivity index (χ3v) is 4.72. The maximum atomic E-state index is 5.46. The zero-order valence-electron chi connectivity index (χ0n) is 12.3. The Hall–Kier alpha value is -0.340. The smallest absolute Gasteiger partial charge is 0.0594 e. The maximum Gasteiger partial charge on any atom is 0.0594 e. The molecule has 1 aliphatic heterocycles. The molecule has 0 aromatic rings. The Labute approximate surface area is 112 Å². The molecule has 1 fully saturated rings. The van der Waals surface area contributed by atoms with E-state index in [4.69, 9.17) is 4.74 Å². The molecule has 2 heteroatoms. The highest BCUT2D eigenvalue weighted by atomic mass is 16.5. The van der Waals surface area contributed by atoms with Crippen LogP contribution in [0.15, 0.2) is 12.2 Å². The number of rotatable bonds is 4. The molecule has 18 heavy (non-hydrogen) atoms. The predicted molar refractivity (Wildman–Crippen MR) is 76.7 cm³/mol. The van der Waals surface area contributed by atoms with E-state index in [1.165, 1.54) is 25.7 Å². The summed E-state index contributed by atoms with van der Waals surface area (Å²) < 4.78 is 5.46. The number of allylic oxidation sites excluding steroid dienone is 2. The Balaban J connectivity index is 1.87. The zero-order valence-corrected chi connectivity index (χ0v) is 12.3. The average molecular weight is 251 g/mol. The van der Waals surface area contributed by atoms with Crippen LogP contribution in [-0.4, -0.2) is 36.7 Å². The van der Waals surface area contributed by atoms with Crippen LogP contribution in [0.2, 0.25) is 0 Å². The van der Waals surface area contributed by atoms with Crippen molar-refractivity contribution in [1.29, 1.82) is 0 Å². The Morgan fingerprint density at radius 1 is 1.11 bits per heavy atom. The second kappa shape index (κ2) is 6.21. The molecule has 0 radical (unpaired) electrons. The van der Waals surface area contributed by atoms with Crippen molar-refractivity contribution in [3.8, 4) is 0 Å². The van der Waals surface area contributed by atoms with Crippen LogP contribution in [0.25, 0.3) is 0 Å². The summed E-state index contributed by atoms with van der Waals surface area (Å²) in [4.78, 5) is 2.61. The highest BCUT2D eigenvalue weighted by Crippen LogP contribution is 2.32. The van der Waals surface area contributed by atoms with Gasteiger partial charge in [0.15, 0.2) is 0 Å². The lowest BCUT2D eigenvalue weighted by atomic mass is 9.80. The van der Waals surface area contributed by atoms with Crippen molar-refractivity contribution in [3.05, 3.63) is 12.2 Å². The van der Waals surface area contributed by atoms with Crippen molar-refractivity contribution in [2.24, 2.45) is 11.8 Å². The molecule has 104 valence electrons. The van der Waals surface area contributed by atoms with Gasteiger partial charge in [-0.2, -0.15) is 0 Å². The van der Waals surface area contributed by atoms with E-state index >= 15 is 0 Å². The minimum atomic E-state index is 0.317. The molecule has 0 aromatic carbocycles. The van der Waals surface area contributed by atoms with Crippen molar-refractivity contribution < 1.29 is 4.74 Å². The first-order chi connectivity index (χ1) is 8.62. The number of nitrogens with zero attached hydrogens (tertiary/aromatic N) is 1. The first-order valence-electron chi connectivity index (χ1n) is 7.63. The van der Waals surface area contributed by atoms with E-state index in [1.54, 1.807) is 0 Å². The fourth-order valence-corrected chi connectivity index (χ4v) is 3.38. The van der Waals surface area contributed by atoms with E-state index in [-0.39, 0.29) is 0 Å². The first kappa shape index (κ1) is 14.1. The molecule has 0 bridgehead atoms. The standard InChI is InChI=1S/C16H29NO/c1-4-14-5-7-15(8-6-14)13-16(2,3)17-9-11-18-12-10-17/h5,7,14-15H,4,6,8-13H2,1-3H3. The Bertz CT molecular complexity index is 279. The van der Waals surface area contributed by atoms with Gasteiger partial charge in [0, 0.05) is 18.6 Å². The van der Waals surface area contributed by atoms with Crippen molar-refractivity contribution >= 4 is 0 Å². The molecule has 0 N–H and O–H groups in total. The summed E-state index contributed by atoms with van der Waals surface area (Å²) in [5.41, 5.74) is 0.317. The van der Waals surface area contributed by atoms with E-state index < -0.39 is 0 Å². The molecule has 0 saturated carbocycles. The van der Waals surface area contributed by atoms with Crippen LogP contribution in [0.4, 0.5) is 0 Å². The molecule has 1 saturated heterocycles. The van der Waals surface area contributed by atoms with Crippen molar-refractivity contribution in [2.45, 2.75) is 52.0 Å². The van der Waals surface area contributed by atoms with Crippen LogP contribution in [0.3, 0.4) is 0 Å². The molecule has 1 heterocycles. The number of morpholine rings is 1. The van der Waals surface area contributed by atoms with Crippen LogP contribution in [-0.2, 0) is 4.74 Å². The number of ether oxygens (including phenoxy) is 1. The quantitative estimate of drug-likeness (QED) is 0.709. The van der Waals surface area contributed by atoms with Crippen molar-refractivity contribution in [2.75, 3.05) is 26.3 Å². The molecule has 2 rings (SSSR count). The summed E-state index contributed by atoms with van der Waals surface area (Å²) in [6.07, 6.45) is 10.3. The fraction of sp³-hybridized carbons (Fsp3) is 0.875. The van der Waals surface area contributed by atoms with Crippen molar-refractivity contribution in [3.63, 3.8) is 0 Å². The van der Waals surface area contributed by atoms with Gasteiger partial charge >= 0.3 is 0 Å². The summed E-state index contributed by atoms with van der Waals surface area (Å²) in [5, 5.41) is 0. The van der Waals surface area contributed by atoms with Crippen LogP contribution < -0.4 is 0 Å². The van der Waals surface area contributed by atoms with Gasteiger partial charge in [0.05, 0.1) is 13.2 Å². The van der Waals surface area contributed by atoms with Gasteiger partial charge in [0.1, 0.15) is 0 Å². The minimum absolute atomic E-state index is 0.317. The second-order valence-corrected chi connectivity index (χ2v) is 6.51. The first-order valence-corrected chi connectivity index (χ1v) is 7.63. The normalized spacial score (nSPS) is 30.6. The van der Waals surface area contributed by atoms with Gasteiger partial charge in [-0.1, -0.05) is 19.1 Å². The topological polar surface area (TPSA) is 12.5 Å². The maximum absolute atomic E-state index is 5.46. The van der Waals surface area contributed by atoms with Gasteiger partial charge in [-0.25, -0.2) is 0 Å². The van der Waals surface area contributed by atoms with E-state index in [0.29, 0.717) is 5.54 Å². The predicted octanol–water partition coefficient (Wildman–Crippen LogP) is 3.48. The SMILES string of the molecule is CCC1C=CC(CC(C)(C)N2CCOCC2)CC1. The van der Waals surface area contributed by atoms with E-state index in [2.05, 4.69) is 37.8 Å². The van der Waals surface area contributed by atoms with Crippen LogP contribution >= 0.6 is 0 Å². The summed E-state index contributed by atoms with van der Waals surface area (Å²) in [6.45, 7) is 11.1. The number of hydrogen-bond donors (Lipinski definition) is 0. The van der Waals surface area contributed by atoms with Gasteiger partial charge in [-0.15, -0.1) is 0 Å². The zero-order chi connectivity index (χ0) is 13.0.